The van der Waals surface area contributed by atoms with E-state index < -0.39 is 5.82 Å². The molecule has 196 valence electrons. The molecule has 2 aromatic heterocycles. The minimum Gasteiger partial charge on any atom is -0.479 e. The molecule has 6 nitrogen and oxygen atoms in total. The van der Waals surface area contributed by atoms with Crippen LogP contribution in [0.15, 0.2) is 40.4 Å². The molecule has 0 radical (unpaired) electrons. The first-order valence-electron chi connectivity index (χ1n) is 13.4. The Morgan fingerprint density at radius 1 is 1.08 bits per heavy atom. The van der Waals surface area contributed by atoms with Gasteiger partial charge in [0, 0.05) is 47.6 Å². The fourth-order valence-corrected chi connectivity index (χ4v) is 6.39. The van der Waals surface area contributed by atoms with Crippen molar-refractivity contribution in [3.05, 3.63) is 58.1 Å². The van der Waals surface area contributed by atoms with Gasteiger partial charge in [0.05, 0.1) is 12.8 Å². The number of ether oxygens (including phenoxy) is 1. The Balaban J connectivity index is 1.38. The van der Waals surface area contributed by atoms with Crippen LogP contribution in [0.1, 0.15) is 83.0 Å². The highest BCUT2D eigenvalue weighted by molar-refractivity contribution is 5.91. The summed E-state index contributed by atoms with van der Waals surface area (Å²) in [6.45, 7) is 12.9. The summed E-state index contributed by atoms with van der Waals surface area (Å²) in [6.07, 6.45) is 11.0. The standard InChI is InChI=1S/C30H38FN5O/c1-18-8-7-9-25-23(14-18)28(34-17-33-25)36-12-10-30(5,11-13-36)27-20(3)19(2)26(21(4)35-27)22-15-24(31)29(37-6)32-16-22/h14-17,19,26H,7-13H2,1-6H3. The number of allylic oxidation sites excluding steroid dienone is 3. The van der Waals surface area contributed by atoms with Gasteiger partial charge in [-0.25, -0.2) is 19.3 Å². The summed E-state index contributed by atoms with van der Waals surface area (Å²) >= 11 is 0. The van der Waals surface area contributed by atoms with Gasteiger partial charge in [-0.05, 0) is 76.0 Å². The van der Waals surface area contributed by atoms with E-state index in [0.29, 0.717) is 0 Å². The molecule has 37 heavy (non-hydrogen) atoms. The van der Waals surface area contributed by atoms with Crippen LogP contribution in [0.25, 0.3) is 6.08 Å². The molecule has 0 bridgehead atoms. The van der Waals surface area contributed by atoms with Crippen molar-refractivity contribution in [2.45, 2.75) is 72.6 Å². The molecule has 2 aromatic rings. The Hall–Kier alpha value is -3.09. The van der Waals surface area contributed by atoms with Crippen LogP contribution in [-0.4, -0.2) is 40.9 Å². The zero-order valence-corrected chi connectivity index (χ0v) is 22.9. The van der Waals surface area contributed by atoms with Gasteiger partial charge in [0.2, 0.25) is 5.88 Å². The van der Waals surface area contributed by atoms with Crippen LogP contribution in [0.4, 0.5) is 10.2 Å². The largest absolute Gasteiger partial charge is 0.479 e. The molecule has 3 aliphatic rings. The predicted octanol–water partition coefficient (Wildman–Crippen LogP) is 6.53. The average Bonchev–Trinajstić information content (AvgIpc) is 3.07. The molecule has 0 N–H and O–H groups in total. The third kappa shape index (κ3) is 4.69. The van der Waals surface area contributed by atoms with Crippen molar-refractivity contribution in [3.63, 3.8) is 0 Å². The molecule has 0 aromatic carbocycles. The number of piperidine rings is 1. The number of anilines is 1. The van der Waals surface area contributed by atoms with Crippen LogP contribution in [0.3, 0.4) is 0 Å². The van der Waals surface area contributed by atoms with Crippen molar-refractivity contribution >= 4 is 17.6 Å². The first kappa shape index (κ1) is 25.6. The highest BCUT2D eigenvalue weighted by Gasteiger charge is 2.40. The molecule has 0 spiro atoms. The Morgan fingerprint density at radius 2 is 1.84 bits per heavy atom. The number of methoxy groups -OCH3 is 1. The van der Waals surface area contributed by atoms with E-state index in [9.17, 15) is 4.39 Å². The van der Waals surface area contributed by atoms with Crippen LogP contribution in [0.2, 0.25) is 0 Å². The number of nitrogens with zero attached hydrogens (tertiary/aromatic N) is 5. The molecule has 1 aliphatic carbocycles. The van der Waals surface area contributed by atoms with Crippen molar-refractivity contribution in [1.82, 2.24) is 15.0 Å². The molecule has 2 aliphatic heterocycles. The summed E-state index contributed by atoms with van der Waals surface area (Å²) in [6, 6.07) is 1.55. The maximum atomic E-state index is 14.5. The lowest BCUT2D eigenvalue weighted by Gasteiger charge is -2.44. The molecule has 0 saturated carbocycles. The van der Waals surface area contributed by atoms with Crippen LogP contribution in [-0.2, 0) is 6.42 Å². The second-order valence-corrected chi connectivity index (χ2v) is 11.3. The number of aromatic nitrogens is 3. The zero-order valence-electron chi connectivity index (χ0n) is 22.9. The summed E-state index contributed by atoms with van der Waals surface area (Å²) in [5.41, 5.74) is 8.12. The van der Waals surface area contributed by atoms with E-state index in [2.05, 4.69) is 55.6 Å². The second-order valence-electron chi connectivity index (χ2n) is 11.3. The Morgan fingerprint density at radius 3 is 2.54 bits per heavy atom. The number of halogens is 1. The van der Waals surface area contributed by atoms with E-state index in [1.165, 1.54) is 35.2 Å². The van der Waals surface area contributed by atoms with E-state index in [-0.39, 0.29) is 23.1 Å². The van der Waals surface area contributed by atoms with Crippen molar-refractivity contribution in [2.24, 2.45) is 16.3 Å². The Bertz CT molecular complexity index is 1290. The Labute approximate surface area is 219 Å². The first-order chi connectivity index (χ1) is 17.7. The van der Waals surface area contributed by atoms with Crippen LogP contribution in [0, 0.1) is 17.2 Å². The topological polar surface area (TPSA) is 63.5 Å². The molecule has 5 rings (SSSR count). The lowest BCUT2D eigenvalue weighted by molar-refractivity contribution is 0.293. The van der Waals surface area contributed by atoms with Gasteiger partial charge >= 0.3 is 0 Å². The number of hydrogen-bond donors (Lipinski definition) is 0. The minimum absolute atomic E-state index is 0.00634. The molecular weight excluding hydrogens is 465 g/mol. The number of aryl methyl sites for hydroxylation is 1. The average molecular weight is 504 g/mol. The van der Waals surface area contributed by atoms with Crippen molar-refractivity contribution < 1.29 is 9.13 Å². The molecule has 7 heteroatoms. The quantitative estimate of drug-likeness (QED) is 0.474. The smallest absolute Gasteiger partial charge is 0.250 e. The third-order valence-electron chi connectivity index (χ3n) is 8.73. The molecule has 4 heterocycles. The SMILES string of the molecule is COc1ncc(C2C(C)=NC(C3(C)CCN(c4ncnc5c4C=C(C)CCC5)CC3)=C(C)C2C)cc1F. The van der Waals surface area contributed by atoms with Gasteiger partial charge in [0.25, 0.3) is 0 Å². The number of rotatable bonds is 4. The fraction of sp³-hybridized carbons (Fsp3) is 0.533. The first-order valence-corrected chi connectivity index (χ1v) is 13.4. The molecule has 2 atom stereocenters. The van der Waals surface area contributed by atoms with E-state index in [1.54, 1.807) is 18.6 Å². The Kier molecular flexibility index (Phi) is 6.90. The van der Waals surface area contributed by atoms with Gasteiger partial charge < -0.3 is 9.64 Å². The summed E-state index contributed by atoms with van der Waals surface area (Å²) in [5, 5.41) is 0. The lowest BCUT2D eigenvalue weighted by atomic mass is 9.70. The molecule has 1 fully saturated rings. The maximum Gasteiger partial charge on any atom is 0.250 e. The van der Waals surface area contributed by atoms with Gasteiger partial charge in [0.1, 0.15) is 12.1 Å². The minimum atomic E-state index is -0.431. The normalized spacial score (nSPS) is 23.7. The highest BCUT2D eigenvalue weighted by atomic mass is 19.1. The fourth-order valence-electron chi connectivity index (χ4n) is 6.39. The molecule has 2 unspecified atom stereocenters. The van der Waals surface area contributed by atoms with Crippen LogP contribution in [0.5, 0.6) is 5.88 Å². The number of hydrogen-bond acceptors (Lipinski definition) is 6. The molecule has 0 amide bonds. The molecule has 1 saturated heterocycles. The third-order valence-corrected chi connectivity index (χ3v) is 8.73. The summed E-state index contributed by atoms with van der Waals surface area (Å²) in [5.74, 6) is 0.888. The monoisotopic (exact) mass is 503 g/mol. The zero-order chi connectivity index (χ0) is 26.3. The highest BCUT2D eigenvalue weighted by Crippen LogP contribution is 2.47. The summed E-state index contributed by atoms with van der Waals surface area (Å²) in [7, 11) is 1.44. The van der Waals surface area contributed by atoms with Gasteiger partial charge in [0.15, 0.2) is 5.82 Å². The van der Waals surface area contributed by atoms with Crippen molar-refractivity contribution in [2.75, 3.05) is 25.1 Å². The predicted molar refractivity (Wildman–Crippen MR) is 147 cm³/mol. The summed E-state index contributed by atoms with van der Waals surface area (Å²) in [4.78, 5) is 21.1. The number of fused-ring (bicyclic) bond motifs is 1. The van der Waals surface area contributed by atoms with Gasteiger partial charge in [-0.2, -0.15) is 0 Å². The second kappa shape index (κ2) is 9.99. The number of pyridine rings is 1. The van der Waals surface area contributed by atoms with Gasteiger partial charge in [-0.15, -0.1) is 0 Å². The molecular formula is C30H38FN5O. The van der Waals surface area contributed by atoms with E-state index in [1.807, 2.05) is 0 Å². The number of aliphatic imine (C=N–C) groups is 1. The van der Waals surface area contributed by atoms with E-state index in [4.69, 9.17) is 14.7 Å². The summed E-state index contributed by atoms with van der Waals surface area (Å²) < 4.78 is 19.5. The van der Waals surface area contributed by atoms with Crippen LogP contribution >= 0.6 is 0 Å². The van der Waals surface area contributed by atoms with E-state index >= 15 is 0 Å². The van der Waals surface area contributed by atoms with Gasteiger partial charge in [-0.3, -0.25) is 4.99 Å². The van der Waals surface area contributed by atoms with Crippen molar-refractivity contribution in [3.8, 4) is 5.88 Å². The van der Waals surface area contributed by atoms with Gasteiger partial charge in [-0.1, -0.05) is 25.5 Å². The lowest BCUT2D eigenvalue weighted by Crippen LogP contribution is -2.41. The maximum absolute atomic E-state index is 14.5. The van der Waals surface area contributed by atoms with Crippen molar-refractivity contribution in [1.29, 1.82) is 0 Å². The van der Waals surface area contributed by atoms with Crippen LogP contribution < -0.4 is 9.64 Å². The van der Waals surface area contributed by atoms with E-state index in [0.717, 1.165) is 62.3 Å².